The number of aliphatic hydroxyl groups excluding tert-OH is 1. The van der Waals surface area contributed by atoms with Gasteiger partial charge in [0.15, 0.2) is 11.5 Å². The van der Waals surface area contributed by atoms with Gasteiger partial charge in [-0.3, -0.25) is 9.59 Å². The molecule has 1 aliphatic carbocycles. The number of hydrogen-bond donors (Lipinski definition) is 3. The van der Waals surface area contributed by atoms with Crippen molar-refractivity contribution in [2.75, 3.05) is 13.4 Å². The van der Waals surface area contributed by atoms with Crippen molar-refractivity contribution in [3.8, 4) is 22.6 Å². The Labute approximate surface area is 185 Å². The Morgan fingerprint density at radius 3 is 2.28 bits per heavy atom. The Hall–Kier alpha value is -3.84. The second-order valence-corrected chi connectivity index (χ2v) is 7.76. The molecule has 1 unspecified atom stereocenters. The maximum Gasteiger partial charge on any atom is 0.245 e. The molecule has 1 heterocycles. The summed E-state index contributed by atoms with van der Waals surface area (Å²) in [6.45, 7) is -0.0944. The summed E-state index contributed by atoms with van der Waals surface area (Å²) in [7, 11) is 0. The number of amides is 2. The standard InChI is InChI=1S/C25H22N2O5/c28-13-20(24(29)26-12-15-9-10-21-22(11-15)32-14-31-21)27-25(30)23-18-7-3-1-5-16(18)17-6-2-4-8-19(17)23/h1-11,20,23,28H,12-14H2,(H,26,29)(H,27,30). The highest BCUT2D eigenvalue weighted by Crippen LogP contribution is 2.44. The molecule has 0 aromatic heterocycles. The van der Waals surface area contributed by atoms with Crippen LogP contribution in [0.3, 0.4) is 0 Å². The summed E-state index contributed by atoms with van der Waals surface area (Å²) in [5, 5.41) is 15.3. The lowest BCUT2D eigenvalue weighted by molar-refractivity contribution is -0.130. The van der Waals surface area contributed by atoms with Crippen LogP contribution < -0.4 is 20.1 Å². The van der Waals surface area contributed by atoms with Crippen LogP contribution in [0.4, 0.5) is 0 Å². The van der Waals surface area contributed by atoms with E-state index in [9.17, 15) is 14.7 Å². The first-order valence-electron chi connectivity index (χ1n) is 10.4. The topological polar surface area (TPSA) is 96.9 Å². The minimum atomic E-state index is -1.06. The fourth-order valence-electron chi connectivity index (χ4n) is 4.25. The first kappa shape index (κ1) is 20.1. The summed E-state index contributed by atoms with van der Waals surface area (Å²) in [4.78, 5) is 25.9. The van der Waals surface area contributed by atoms with Crippen molar-refractivity contribution < 1.29 is 24.2 Å². The maximum atomic E-state index is 13.2. The predicted octanol–water partition coefficient (Wildman–Crippen LogP) is 2.32. The van der Waals surface area contributed by atoms with Gasteiger partial charge in [0, 0.05) is 6.54 Å². The minimum absolute atomic E-state index is 0.178. The van der Waals surface area contributed by atoms with E-state index in [1.807, 2.05) is 54.6 Å². The molecule has 0 spiro atoms. The van der Waals surface area contributed by atoms with Gasteiger partial charge in [-0.2, -0.15) is 0 Å². The average molecular weight is 430 g/mol. The Morgan fingerprint density at radius 1 is 0.938 bits per heavy atom. The molecule has 32 heavy (non-hydrogen) atoms. The zero-order chi connectivity index (χ0) is 22.1. The van der Waals surface area contributed by atoms with E-state index in [4.69, 9.17) is 9.47 Å². The third-order valence-electron chi connectivity index (χ3n) is 5.82. The number of rotatable bonds is 6. The molecule has 2 amide bonds. The van der Waals surface area contributed by atoms with Gasteiger partial charge in [0.05, 0.1) is 12.5 Å². The number of fused-ring (bicyclic) bond motifs is 4. The van der Waals surface area contributed by atoms with Gasteiger partial charge < -0.3 is 25.2 Å². The Bertz CT molecular complexity index is 1150. The molecule has 0 saturated heterocycles. The molecule has 5 rings (SSSR count). The van der Waals surface area contributed by atoms with Crippen LogP contribution in [0.5, 0.6) is 11.5 Å². The number of benzene rings is 3. The summed E-state index contributed by atoms with van der Waals surface area (Å²) in [6.07, 6.45) is 0. The van der Waals surface area contributed by atoms with Gasteiger partial charge in [-0.25, -0.2) is 0 Å². The molecular weight excluding hydrogens is 408 g/mol. The van der Waals surface area contributed by atoms with Crippen molar-refractivity contribution >= 4 is 11.8 Å². The van der Waals surface area contributed by atoms with E-state index in [0.29, 0.717) is 11.5 Å². The fourth-order valence-corrected chi connectivity index (χ4v) is 4.25. The van der Waals surface area contributed by atoms with Crippen LogP contribution in [0.25, 0.3) is 11.1 Å². The monoisotopic (exact) mass is 430 g/mol. The number of hydrogen-bond acceptors (Lipinski definition) is 5. The van der Waals surface area contributed by atoms with Gasteiger partial charge >= 0.3 is 0 Å². The number of carbonyl (C=O) groups is 2. The lowest BCUT2D eigenvalue weighted by atomic mass is 9.95. The molecule has 3 N–H and O–H groups in total. The maximum absolute atomic E-state index is 13.2. The van der Waals surface area contributed by atoms with Crippen molar-refractivity contribution in [2.45, 2.75) is 18.5 Å². The third-order valence-corrected chi connectivity index (χ3v) is 5.82. The summed E-state index contributed by atoms with van der Waals surface area (Å²) < 4.78 is 10.6. The zero-order valence-corrected chi connectivity index (χ0v) is 17.2. The average Bonchev–Trinajstić information content (AvgIpc) is 3.43. The lowest BCUT2D eigenvalue weighted by Gasteiger charge is -2.20. The van der Waals surface area contributed by atoms with E-state index < -0.39 is 24.5 Å². The number of carbonyl (C=O) groups excluding carboxylic acids is 2. The van der Waals surface area contributed by atoms with E-state index >= 15 is 0 Å². The van der Waals surface area contributed by atoms with Gasteiger partial charge in [0.25, 0.3) is 0 Å². The molecule has 0 fully saturated rings. The summed E-state index contributed by atoms with van der Waals surface area (Å²) in [5.41, 5.74) is 4.63. The van der Waals surface area contributed by atoms with Crippen molar-refractivity contribution in [1.82, 2.24) is 10.6 Å². The van der Waals surface area contributed by atoms with Gasteiger partial charge in [0.1, 0.15) is 6.04 Å². The molecule has 3 aromatic carbocycles. The van der Waals surface area contributed by atoms with Crippen LogP contribution in [-0.2, 0) is 16.1 Å². The molecular formula is C25H22N2O5. The van der Waals surface area contributed by atoms with E-state index in [-0.39, 0.29) is 19.2 Å². The van der Waals surface area contributed by atoms with Crippen molar-refractivity contribution in [3.05, 3.63) is 83.4 Å². The summed E-state index contributed by atoms with van der Waals surface area (Å²) in [5.74, 6) is -0.0177. The first-order valence-corrected chi connectivity index (χ1v) is 10.4. The first-order chi connectivity index (χ1) is 15.7. The molecule has 162 valence electrons. The number of ether oxygens (including phenoxy) is 2. The number of aliphatic hydroxyl groups is 1. The smallest absolute Gasteiger partial charge is 0.245 e. The third kappa shape index (κ3) is 3.56. The highest BCUT2D eigenvalue weighted by atomic mass is 16.7. The van der Waals surface area contributed by atoms with Gasteiger partial charge in [-0.15, -0.1) is 0 Å². The molecule has 7 nitrogen and oxygen atoms in total. The largest absolute Gasteiger partial charge is 0.454 e. The van der Waals surface area contributed by atoms with Gasteiger partial charge in [-0.1, -0.05) is 54.6 Å². The van der Waals surface area contributed by atoms with Crippen molar-refractivity contribution in [1.29, 1.82) is 0 Å². The van der Waals surface area contributed by atoms with Gasteiger partial charge in [-0.05, 0) is 39.9 Å². The Kier molecular flexibility index (Phi) is 5.25. The van der Waals surface area contributed by atoms with Crippen LogP contribution in [0.2, 0.25) is 0 Å². The lowest BCUT2D eigenvalue weighted by Crippen LogP contribution is -2.49. The van der Waals surface area contributed by atoms with E-state index in [1.54, 1.807) is 12.1 Å². The zero-order valence-electron chi connectivity index (χ0n) is 17.2. The van der Waals surface area contributed by atoms with E-state index in [1.165, 1.54) is 0 Å². The normalized spacial score (nSPS) is 14.4. The van der Waals surface area contributed by atoms with Crippen molar-refractivity contribution in [3.63, 3.8) is 0 Å². The van der Waals surface area contributed by atoms with E-state index in [0.717, 1.165) is 27.8 Å². The summed E-state index contributed by atoms with van der Waals surface area (Å²) >= 11 is 0. The highest BCUT2D eigenvalue weighted by molar-refractivity contribution is 5.98. The molecule has 0 radical (unpaired) electrons. The second kappa shape index (κ2) is 8.36. The second-order valence-electron chi connectivity index (χ2n) is 7.76. The van der Waals surface area contributed by atoms with E-state index in [2.05, 4.69) is 10.6 Å². The number of nitrogens with one attached hydrogen (secondary N) is 2. The Balaban J connectivity index is 1.28. The molecule has 2 aliphatic rings. The molecule has 0 saturated carbocycles. The predicted molar refractivity (Wildman–Crippen MR) is 117 cm³/mol. The summed E-state index contributed by atoms with van der Waals surface area (Å²) in [6, 6.07) is 19.8. The molecule has 1 atom stereocenters. The molecule has 3 aromatic rings. The van der Waals surface area contributed by atoms with Crippen molar-refractivity contribution in [2.24, 2.45) is 0 Å². The fraction of sp³-hybridized carbons (Fsp3) is 0.200. The van der Waals surface area contributed by atoms with Crippen LogP contribution in [0, 0.1) is 0 Å². The molecule has 1 aliphatic heterocycles. The van der Waals surface area contributed by atoms with Crippen LogP contribution in [0.1, 0.15) is 22.6 Å². The molecule has 7 heteroatoms. The van der Waals surface area contributed by atoms with Gasteiger partial charge in [0.2, 0.25) is 18.6 Å². The quantitative estimate of drug-likeness (QED) is 0.558. The minimum Gasteiger partial charge on any atom is -0.454 e. The van der Waals surface area contributed by atoms with Crippen LogP contribution >= 0.6 is 0 Å². The van der Waals surface area contributed by atoms with Crippen LogP contribution in [-0.4, -0.2) is 36.4 Å². The Morgan fingerprint density at radius 2 is 1.59 bits per heavy atom. The molecule has 0 bridgehead atoms. The van der Waals surface area contributed by atoms with Crippen LogP contribution in [0.15, 0.2) is 66.7 Å². The SMILES string of the molecule is O=C(NCc1ccc2c(c1)OCO2)C(CO)NC(=O)C1c2ccccc2-c2ccccc21. The highest BCUT2D eigenvalue weighted by Gasteiger charge is 2.35.